The number of likely N-dealkylation sites (N-methyl/N-ethyl adjacent to an activating group) is 1. The van der Waals surface area contributed by atoms with Gasteiger partial charge in [-0.05, 0) is 49.6 Å². The van der Waals surface area contributed by atoms with Crippen LogP contribution in [0.5, 0.6) is 0 Å². The number of halogens is 3. The van der Waals surface area contributed by atoms with Crippen LogP contribution in [0, 0.1) is 23.1 Å². The Morgan fingerprint density at radius 1 is 1.04 bits per heavy atom. The van der Waals surface area contributed by atoms with Crippen LogP contribution in [-0.2, 0) is 25.1 Å². The van der Waals surface area contributed by atoms with E-state index in [1.807, 2.05) is 7.05 Å². The van der Waals surface area contributed by atoms with Crippen LogP contribution < -0.4 is 16.0 Å². The molecule has 4 amide bonds. The van der Waals surface area contributed by atoms with Gasteiger partial charge in [0.2, 0.25) is 17.7 Å². The van der Waals surface area contributed by atoms with Crippen molar-refractivity contribution in [3.63, 3.8) is 0 Å². The molecule has 0 radical (unpaired) electrons. The average molecular weight is 684 g/mol. The van der Waals surface area contributed by atoms with Crippen LogP contribution in [0.25, 0.3) is 0 Å². The van der Waals surface area contributed by atoms with Crippen LogP contribution in [0.4, 0.5) is 18.9 Å². The summed E-state index contributed by atoms with van der Waals surface area (Å²) in [6, 6.07) is 5.24. The second-order valence-electron chi connectivity index (χ2n) is 12.9. The Morgan fingerprint density at radius 3 is 2.43 bits per heavy atom. The van der Waals surface area contributed by atoms with Gasteiger partial charge in [-0.25, -0.2) is 4.39 Å². The monoisotopic (exact) mass is 683 g/mol. The van der Waals surface area contributed by atoms with Gasteiger partial charge in [0.15, 0.2) is 0 Å². The van der Waals surface area contributed by atoms with Crippen LogP contribution in [0.2, 0.25) is 0 Å². The number of piperazine rings is 1. The number of aromatic nitrogens is 1. The molecule has 3 N–H and O–H groups in total. The Balaban J connectivity index is 1.43. The molecule has 0 spiro atoms. The Kier molecular flexibility index (Phi) is 12.7. The molecule has 0 bridgehead atoms. The van der Waals surface area contributed by atoms with Crippen molar-refractivity contribution in [3.05, 3.63) is 59.2 Å². The predicted molar refractivity (Wildman–Crippen MR) is 176 cm³/mol. The third-order valence-corrected chi connectivity index (χ3v) is 9.45. The maximum absolute atomic E-state index is 15.4. The van der Waals surface area contributed by atoms with Crippen molar-refractivity contribution in [2.24, 2.45) is 5.92 Å². The van der Waals surface area contributed by atoms with E-state index in [4.69, 9.17) is 5.26 Å². The Labute approximate surface area is 284 Å². The number of benzene rings is 1. The number of anilines is 1. The van der Waals surface area contributed by atoms with Crippen molar-refractivity contribution >= 4 is 29.3 Å². The van der Waals surface area contributed by atoms with Gasteiger partial charge in [0, 0.05) is 63.4 Å². The first-order chi connectivity index (χ1) is 23.3. The summed E-state index contributed by atoms with van der Waals surface area (Å²) < 4.78 is 45.6. The smallest absolute Gasteiger partial charge is 0.348 e. The van der Waals surface area contributed by atoms with Gasteiger partial charge in [-0.2, -0.15) is 14.0 Å². The van der Waals surface area contributed by atoms with Gasteiger partial charge in [-0.1, -0.05) is 39.2 Å². The normalized spacial score (nSPS) is 19.9. The van der Waals surface area contributed by atoms with E-state index in [1.165, 1.54) is 12.1 Å². The fourth-order valence-electron chi connectivity index (χ4n) is 6.33. The number of alkyl halides is 2. The van der Waals surface area contributed by atoms with Crippen molar-refractivity contribution in [2.75, 3.05) is 38.5 Å². The summed E-state index contributed by atoms with van der Waals surface area (Å²) >= 11 is 0. The lowest BCUT2D eigenvalue weighted by Gasteiger charge is -2.36. The lowest BCUT2D eigenvalue weighted by molar-refractivity contribution is -0.148. The minimum atomic E-state index is -3.95. The molecule has 4 rings (SSSR count). The van der Waals surface area contributed by atoms with Gasteiger partial charge in [0.05, 0.1) is 16.8 Å². The van der Waals surface area contributed by atoms with Crippen molar-refractivity contribution in [1.29, 1.82) is 5.26 Å². The lowest BCUT2D eigenvalue weighted by Crippen LogP contribution is -2.55. The summed E-state index contributed by atoms with van der Waals surface area (Å²) in [4.78, 5) is 59.2. The van der Waals surface area contributed by atoms with E-state index in [1.54, 1.807) is 30.9 Å². The van der Waals surface area contributed by atoms with Gasteiger partial charge in [0.1, 0.15) is 17.9 Å². The van der Waals surface area contributed by atoms with Crippen molar-refractivity contribution in [1.82, 2.24) is 25.4 Å². The van der Waals surface area contributed by atoms with Crippen LogP contribution in [0.3, 0.4) is 0 Å². The van der Waals surface area contributed by atoms with Crippen LogP contribution in [-0.4, -0.2) is 83.7 Å². The summed E-state index contributed by atoms with van der Waals surface area (Å²) in [6.07, 6.45) is 5.11. The van der Waals surface area contributed by atoms with Gasteiger partial charge in [-0.3, -0.25) is 24.2 Å². The third-order valence-electron chi connectivity index (χ3n) is 9.45. The Bertz CT molecular complexity index is 1560. The standard InChI is InChI=1S/C35H44F3N7O4/c1-4-30(46)43-32(33(48)45-14-12-44(3)13-15-45)22(2)24-10-11-29(27(36)17-24)41-31(47)18-25-8-6-5-7-9-28(25)42-34(49)35(37,38)26-16-23(19-39)20-40-21-26/h10-11,16-17,20-22,25,28,32H,4-9,12-15,18H2,1-3H3,(H,41,47)(H,42,49)(H,43,46)/t22-,25?,28?,32+/m0/s1. The summed E-state index contributed by atoms with van der Waals surface area (Å²) in [7, 11) is 1.97. The van der Waals surface area contributed by atoms with E-state index < -0.39 is 53.0 Å². The molecule has 1 saturated heterocycles. The molecule has 264 valence electrons. The number of nitrogens with one attached hydrogen (secondary N) is 3. The van der Waals surface area contributed by atoms with Crippen molar-refractivity contribution in [3.8, 4) is 6.07 Å². The topological polar surface area (TPSA) is 148 Å². The Morgan fingerprint density at radius 2 is 1.76 bits per heavy atom. The highest BCUT2D eigenvalue weighted by molar-refractivity contribution is 5.91. The molecule has 2 aliphatic rings. The number of nitrogens with zero attached hydrogens (tertiary/aromatic N) is 4. The molecule has 11 nitrogen and oxygen atoms in total. The maximum atomic E-state index is 15.4. The molecular weight excluding hydrogens is 639 g/mol. The minimum absolute atomic E-state index is 0.0916. The van der Waals surface area contributed by atoms with Crippen LogP contribution in [0.1, 0.15) is 81.4 Å². The SMILES string of the molecule is CCC(=O)N[C@@H](C(=O)N1CCN(C)CC1)[C@@H](C)c1ccc(NC(=O)CC2CCCCCC2NC(=O)C(F)(F)c2cncc(C#N)c2)c(F)c1. The molecule has 1 aliphatic heterocycles. The fraction of sp³-hybridized carbons (Fsp3) is 0.543. The third kappa shape index (κ3) is 9.56. The molecule has 1 aromatic heterocycles. The van der Waals surface area contributed by atoms with E-state index in [2.05, 4.69) is 25.8 Å². The zero-order chi connectivity index (χ0) is 35.7. The second-order valence-corrected chi connectivity index (χ2v) is 12.9. The zero-order valence-electron chi connectivity index (χ0n) is 28.1. The van der Waals surface area contributed by atoms with E-state index in [9.17, 15) is 19.2 Å². The number of carbonyl (C=O) groups is 4. The van der Waals surface area contributed by atoms with Crippen LogP contribution >= 0.6 is 0 Å². The van der Waals surface area contributed by atoms with E-state index in [-0.39, 0.29) is 35.9 Å². The predicted octanol–water partition coefficient (Wildman–Crippen LogP) is 4.05. The fourth-order valence-corrected chi connectivity index (χ4v) is 6.33. The molecule has 1 saturated carbocycles. The summed E-state index contributed by atoms with van der Waals surface area (Å²) in [5, 5.41) is 16.8. The van der Waals surface area contributed by atoms with E-state index >= 15 is 13.2 Å². The first-order valence-electron chi connectivity index (χ1n) is 16.7. The highest BCUT2D eigenvalue weighted by atomic mass is 19.3. The zero-order valence-corrected chi connectivity index (χ0v) is 28.1. The molecule has 2 fully saturated rings. The quantitative estimate of drug-likeness (QED) is 0.303. The van der Waals surface area contributed by atoms with Gasteiger partial charge in [0.25, 0.3) is 5.91 Å². The highest BCUT2D eigenvalue weighted by Crippen LogP contribution is 2.32. The molecule has 2 unspecified atom stereocenters. The van der Waals surface area contributed by atoms with E-state index in [0.717, 1.165) is 31.3 Å². The average Bonchev–Trinajstić information content (AvgIpc) is 3.31. The van der Waals surface area contributed by atoms with Crippen molar-refractivity contribution < 1.29 is 32.3 Å². The first-order valence-corrected chi connectivity index (χ1v) is 16.7. The highest BCUT2D eigenvalue weighted by Gasteiger charge is 2.43. The van der Waals surface area contributed by atoms with Crippen molar-refractivity contribution in [2.45, 2.75) is 82.7 Å². The minimum Gasteiger partial charge on any atom is -0.348 e. The molecule has 2 heterocycles. The van der Waals surface area contributed by atoms with Gasteiger partial charge in [-0.15, -0.1) is 0 Å². The number of hydrogen-bond acceptors (Lipinski definition) is 7. The second kappa shape index (κ2) is 16.7. The van der Waals surface area contributed by atoms with Crippen LogP contribution in [0.15, 0.2) is 36.7 Å². The van der Waals surface area contributed by atoms with E-state index in [0.29, 0.717) is 51.0 Å². The summed E-state index contributed by atoms with van der Waals surface area (Å²) in [6.45, 7) is 5.86. The van der Waals surface area contributed by atoms with Gasteiger partial charge < -0.3 is 25.8 Å². The molecule has 1 aromatic carbocycles. The summed E-state index contributed by atoms with van der Waals surface area (Å²) in [5.41, 5.74) is -0.442. The molecular formula is C35H44F3N7O4. The number of pyridine rings is 1. The number of carbonyl (C=O) groups excluding carboxylic acids is 4. The lowest BCUT2D eigenvalue weighted by atomic mass is 9.90. The maximum Gasteiger partial charge on any atom is 0.351 e. The molecule has 2 aromatic rings. The van der Waals surface area contributed by atoms with Gasteiger partial charge >= 0.3 is 5.92 Å². The molecule has 4 atom stereocenters. The number of nitriles is 1. The number of hydrogen-bond donors (Lipinski definition) is 3. The molecule has 14 heteroatoms. The number of rotatable bonds is 11. The molecule has 49 heavy (non-hydrogen) atoms. The molecule has 1 aliphatic carbocycles. The largest absolute Gasteiger partial charge is 0.351 e. The first kappa shape index (κ1) is 37.3. The number of amides is 4. The summed E-state index contributed by atoms with van der Waals surface area (Å²) in [5.74, 6) is -8.36. The Hall–Kier alpha value is -4.51.